The molecule has 0 spiro atoms. The van der Waals surface area contributed by atoms with Gasteiger partial charge in [-0.1, -0.05) is 0 Å². The summed E-state index contributed by atoms with van der Waals surface area (Å²) >= 11 is 3.29. The summed E-state index contributed by atoms with van der Waals surface area (Å²) in [5.74, 6) is -1.49. The molecule has 0 saturated carbocycles. The highest BCUT2D eigenvalue weighted by molar-refractivity contribution is 9.10. The molecule has 3 N–H and O–H groups in total. The number of nitrogens with two attached hydrogens (primary N) is 1. The van der Waals surface area contributed by atoms with Gasteiger partial charge in [0.25, 0.3) is 0 Å². The minimum atomic E-state index is -0.715. The van der Waals surface area contributed by atoms with Crippen LogP contribution in [-0.2, 0) is 6.54 Å². The number of nitrogen functional groups attached to an aromatic ring is 1. The van der Waals surface area contributed by atoms with Crippen LogP contribution in [0.3, 0.4) is 0 Å². The van der Waals surface area contributed by atoms with E-state index in [0.717, 1.165) is 12.1 Å². The van der Waals surface area contributed by atoms with Crippen molar-refractivity contribution in [2.24, 2.45) is 5.73 Å². The Morgan fingerprint density at radius 1 is 1.39 bits per heavy atom. The van der Waals surface area contributed by atoms with Crippen LogP contribution in [0.5, 0.6) is 5.75 Å². The monoisotopic (exact) mass is 408 g/mol. The predicted molar refractivity (Wildman–Crippen MR) is 89.6 cm³/mol. The topological polar surface area (TPSA) is 76.9 Å². The zero-order chi connectivity index (χ0) is 16.4. The first-order chi connectivity index (χ1) is 10.3. The molecule has 0 amide bonds. The minimum absolute atomic E-state index is 0. The van der Waals surface area contributed by atoms with E-state index < -0.39 is 11.6 Å². The van der Waals surface area contributed by atoms with Gasteiger partial charge in [0.2, 0.25) is 0 Å². The first-order valence-electron chi connectivity index (χ1n) is 6.53. The van der Waals surface area contributed by atoms with E-state index in [0.29, 0.717) is 16.8 Å². The minimum Gasteiger partial charge on any atom is -0.494 e. The molecule has 1 heterocycles. The summed E-state index contributed by atoms with van der Waals surface area (Å²) in [4.78, 5) is 0. The van der Waals surface area contributed by atoms with E-state index in [1.165, 1.54) is 4.68 Å². The fraction of sp³-hybridized carbons (Fsp3) is 0.286. The third kappa shape index (κ3) is 4.00. The van der Waals surface area contributed by atoms with Gasteiger partial charge in [0.05, 0.1) is 13.2 Å². The summed E-state index contributed by atoms with van der Waals surface area (Å²) in [5.41, 5.74) is 6.20. The first kappa shape index (κ1) is 19.4. The van der Waals surface area contributed by atoms with Crippen LogP contribution in [0.1, 0.15) is 23.7 Å². The molecule has 9 heteroatoms. The molecule has 0 unspecified atom stereocenters. The van der Waals surface area contributed by atoms with Crippen molar-refractivity contribution in [3.05, 3.63) is 45.2 Å². The summed E-state index contributed by atoms with van der Waals surface area (Å²) in [6.07, 6.45) is 0. The first-order valence-corrected chi connectivity index (χ1v) is 7.32. The number of nitrogens with one attached hydrogen (secondary N) is 1. The van der Waals surface area contributed by atoms with E-state index in [1.807, 2.05) is 0 Å². The standard InChI is InChI=1S/C14H15BrF2N4O.ClH/c1-3-22-8-4-10(16)9(11(17)5-8)6-21-13(15)7(2)12(20-21)14(18)19;/h4-5H,3,6H2,1-2H3,(H3,18,19);1H. The van der Waals surface area contributed by atoms with Crippen LogP contribution in [0.2, 0.25) is 0 Å². The molecule has 0 aliphatic carbocycles. The van der Waals surface area contributed by atoms with Gasteiger partial charge in [0.1, 0.15) is 33.5 Å². The largest absolute Gasteiger partial charge is 0.494 e. The van der Waals surface area contributed by atoms with Crippen molar-refractivity contribution in [2.45, 2.75) is 20.4 Å². The Kier molecular flexibility index (Phi) is 6.52. The summed E-state index contributed by atoms with van der Waals surface area (Å²) in [6.45, 7) is 3.65. The maximum Gasteiger partial charge on any atom is 0.144 e. The number of amidine groups is 1. The van der Waals surface area contributed by atoms with Gasteiger partial charge >= 0.3 is 0 Å². The van der Waals surface area contributed by atoms with Gasteiger partial charge in [-0.05, 0) is 29.8 Å². The molecule has 2 rings (SSSR count). The predicted octanol–water partition coefficient (Wildman–Crippen LogP) is 3.39. The van der Waals surface area contributed by atoms with E-state index >= 15 is 0 Å². The van der Waals surface area contributed by atoms with Gasteiger partial charge in [-0.3, -0.25) is 10.1 Å². The Balaban J connectivity index is 0.00000264. The molecule has 0 aliphatic heterocycles. The molecular formula is C14H16BrClF2N4O. The number of nitrogens with zero attached hydrogens (tertiary/aromatic N) is 2. The van der Waals surface area contributed by atoms with Crippen LogP contribution in [0.25, 0.3) is 0 Å². The van der Waals surface area contributed by atoms with Gasteiger partial charge in [-0.2, -0.15) is 5.10 Å². The summed E-state index contributed by atoms with van der Waals surface area (Å²) in [7, 11) is 0. The molecule has 0 radical (unpaired) electrons. The maximum atomic E-state index is 14.1. The normalized spacial score (nSPS) is 10.3. The fourth-order valence-electron chi connectivity index (χ4n) is 2.02. The average Bonchev–Trinajstić information content (AvgIpc) is 2.71. The lowest BCUT2D eigenvalue weighted by atomic mass is 10.2. The summed E-state index contributed by atoms with van der Waals surface area (Å²) < 4.78 is 35.1. The van der Waals surface area contributed by atoms with Crippen molar-refractivity contribution in [1.29, 1.82) is 5.41 Å². The highest BCUT2D eigenvalue weighted by Crippen LogP contribution is 2.25. The number of ether oxygens (including phenoxy) is 1. The summed E-state index contributed by atoms with van der Waals surface area (Å²) in [6, 6.07) is 2.27. The highest BCUT2D eigenvalue weighted by atomic mass is 79.9. The van der Waals surface area contributed by atoms with Crippen LogP contribution in [0.4, 0.5) is 8.78 Å². The van der Waals surface area contributed by atoms with Crippen molar-refractivity contribution in [3.63, 3.8) is 0 Å². The molecule has 23 heavy (non-hydrogen) atoms. The maximum absolute atomic E-state index is 14.1. The lowest BCUT2D eigenvalue weighted by molar-refractivity contribution is 0.335. The number of aromatic nitrogens is 2. The molecule has 0 atom stereocenters. The van der Waals surface area contributed by atoms with E-state index in [1.54, 1.807) is 13.8 Å². The lowest BCUT2D eigenvalue weighted by Crippen LogP contribution is -2.14. The van der Waals surface area contributed by atoms with Gasteiger partial charge < -0.3 is 10.5 Å². The SMILES string of the molecule is CCOc1cc(F)c(Cn2nc(C(=N)N)c(C)c2Br)c(F)c1.Cl. The molecule has 0 saturated heterocycles. The second kappa shape index (κ2) is 7.74. The van der Waals surface area contributed by atoms with Crippen molar-refractivity contribution >= 4 is 34.2 Å². The van der Waals surface area contributed by atoms with Gasteiger partial charge in [-0.25, -0.2) is 8.78 Å². The van der Waals surface area contributed by atoms with Crippen molar-refractivity contribution < 1.29 is 13.5 Å². The molecular weight excluding hydrogens is 394 g/mol. The lowest BCUT2D eigenvalue weighted by Gasteiger charge is -2.09. The van der Waals surface area contributed by atoms with Crippen molar-refractivity contribution in [1.82, 2.24) is 9.78 Å². The number of rotatable bonds is 5. The zero-order valence-electron chi connectivity index (χ0n) is 12.5. The van der Waals surface area contributed by atoms with E-state index in [-0.39, 0.29) is 41.8 Å². The van der Waals surface area contributed by atoms with Crippen LogP contribution in [-0.4, -0.2) is 22.2 Å². The quantitative estimate of drug-likeness (QED) is 0.587. The number of benzene rings is 1. The Bertz CT molecular complexity index is 713. The third-order valence-corrected chi connectivity index (χ3v) is 4.10. The Hall–Kier alpha value is -1.67. The molecule has 2 aromatic rings. The molecule has 1 aromatic carbocycles. The molecule has 1 aromatic heterocycles. The molecule has 5 nitrogen and oxygen atoms in total. The average molecular weight is 410 g/mol. The summed E-state index contributed by atoms with van der Waals surface area (Å²) in [5, 5.41) is 11.5. The Morgan fingerprint density at radius 2 is 1.96 bits per heavy atom. The molecule has 0 fully saturated rings. The second-order valence-corrected chi connectivity index (χ2v) is 5.39. The van der Waals surface area contributed by atoms with Crippen LogP contribution >= 0.6 is 28.3 Å². The molecule has 0 bridgehead atoms. The van der Waals surface area contributed by atoms with E-state index in [2.05, 4.69) is 21.0 Å². The molecule has 0 aliphatic rings. The van der Waals surface area contributed by atoms with Crippen LogP contribution < -0.4 is 10.5 Å². The van der Waals surface area contributed by atoms with Crippen LogP contribution in [0.15, 0.2) is 16.7 Å². The number of halogens is 4. The smallest absolute Gasteiger partial charge is 0.144 e. The van der Waals surface area contributed by atoms with E-state index in [4.69, 9.17) is 15.9 Å². The molecule has 126 valence electrons. The van der Waals surface area contributed by atoms with Gasteiger partial charge in [0, 0.05) is 23.3 Å². The van der Waals surface area contributed by atoms with Crippen molar-refractivity contribution in [3.8, 4) is 5.75 Å². The van der Waals surface area contributed by atoms with Gasteiger partial charge in [-0.15, -0.1) is 12.4 Å². The Morgan fingerprint density at radius 3 is 2.39 bits per heavy atom. The number of hydrogen-bond acceptors (Lipinski definition) is 3. The van der Waals surface area contributed by atoms with Crippen molar-refractivity contribution in [2.75, 3.05) is 6.61 Å². The number of hydrogen-bond donors (Lipinski definition) is 2. The Labute approximate surface area is 146 Å². The van der Waals surface area contributed by atoms with E-state index in [9.17, 15) is 8.78 Å². The fourth-order valence-corrected chi connectivity index (χ4v) is 2.41. The highest BCUT2D eigenvalue weighted by Gasteiger charge is 2.18. The van der Waals surface area contributed by atoms with Gasteiger partial charge in [0.15, 0.2) is 0 Å². The third-order valence-electron chi connectivity index (χ3n) is 3.10. The zero-order valence-corrected chi connectivity index (χ0v) is 14.9. The second-order valence-electron chi connectivity index (χ2n) is 4.63. The van der Waals surface area contributed by atoms with Crippen LogP contribution in [0, 0.1) is 24.0 Å².